The highest BCUT2D eigenvalue weighted by Gasteiger charge is 2.21. The third-order valence-corrected chi connectivity index (χ3v) is 5.58. The number of anilines is 1. The van der Waals surface area contributed by atoms with Crippen LogP contribution in [0.15, 0.2) is 53.5 Å². The van der Waals surface area contributed by atoms with Crippen LogP contribution in [0.3, 0.4) is 0 Å². The van der Waals surface area contributed by atoms with E-state index >= 15 is 0 Å². The SMILES string of the molecule is CCNC(=NCCc1cccc(C(=O)N(C)C)c1)N1CCN(c2ccccc2OC)CC1.I. The molecule has 0 saturated carbocycles. The van der Waals surface area contributed by atoms with Crippen molar-refractivity contribution in [3.63, 3.8) is 0 Å². The van der Waals surface area contributed by atoms with E-state index in [4.69, 9.17) is 9.73 Å². The van der Waals surface area contributed by atoms with E-state index in [0.717, 1.165) is 67.7 Å². The van der Waals surface area contributed by atoms with Crippen molar-refractivity contribution in [2.45, 2.75) is 13.3 Å². The van der Waals surface area contributed by atoms with Crippen molar-refractivity contribution in [1.29, 1.82) is 0 Å². The molecule has 1 heterocycles. The van der Waals surface area contributed by atoms with Crippen molar-refractivity contribution in [3.05, 3.63) is 59.7 Å². The van der Waals surface area contributed by atoms with Gasteiger partial charge in [0.25, 0.3) is 5.91 Å². The number of aliphatic imine (C=N–C) groups is 1. The summed E-state index contributed by atoms with van der Waals surface area (Å²) in [6.45, 7) is 7.23. The summed E-state index contributed by atoms with van der Waals surface area (Å²) in [5, 5.41) is 3.43. The Bertz CT molecular complexity index is 927. The topological polar surface area (TPSA) is 60.4 Å². The molecule has 0 unspecified atom stereocenters. The first-order valence-electron chi connectivity index (χ1n) is 11.2. The molecule has 33 heavy (non-hydrogen) atoms. The molecule has 0 radical (unpaired) electrons. The van der Waals surface area contributed by atoms with Gasteiger partial charge in [0.1, 0.15) is 5.75 Å². The predicted molar refractivity (Wildman–Crippen MR) is 146 cm³/mol. The number of benzene rings is 2. The van der Waals surface area contributed by atoms with E-state index in [2.05, 4.69) is 40.2 Å². The van der Waals surface area contributed by atoms with Crippen molar-refractivity contribution < 1.29 is 9.53 Å². The molecule has 1 amide bonds. The minimum absolute atomic E-state index is 0. The third-order valence-electron chi connectivity index (χ3n) is 5.58. The zero-order valence-electron chi connectivity index (χ0n) is 20.1. The largest absolute Gasteiger partial charge is 0.495 e. The average Bonchev–Trinajstić information content (AvgIpc) is 2.83. The number of amides is 1. The van der Waals surface area contributed by atoms with E-state index in [9.17, 15) is 4.79 Å². The van der Waals surface area contributed by atoms with Crippen LogP contribution < -0.4 is 15.0 Å². The van der Waals surface area contributed by atoms with Gasteiger partial charge in [0.2, 0.25) is 0 Å². The predicted octanol–water partition coefficient (Wildman–Crippen LogP) is 3.35. The highest BCUT2D eigenvalue weighted by molar-refractivity contribution is 14.0. The zero-order chi connectivity index (χ0) is 22.9. The minimum Gasteiger partial charge on any atom is -0.495 e. The first-order valence-corrected chi connectivity index (χ1v) is 11.2. The number of ether oxygens (including phenoxy) is 1. The smallest absolute Gasteiger partial charge is 0.253 e. The van der Waals surface area contributed by atoms with Crippen molar-refractivity contribution >= 4 is 41.5 Å². The summed E-state index contributed by atoms with van der Waals surface area (Å²) in [6, 6.07) is 16.0. The van der Waals surface area contributed by atoms with Gasteiger partial charge in [-0.3, -0.25) is 9.79 Å². The number of hydrogen-bond acceptors (Lipinski definition) is 4. The Labute approximate surface area is 214 Å². The van der Waals surface area contributed by atoms with Gasteiger partial charge in [0, 0.05) is 58.9 Å². The van der Waals surface area contributed by atoms with Crippen LogP contribution in [-0.4, -0.2) is 82.1 Å². The second kappa shape index (κ2) is 13.3. The van der Waals surface area contributed by atoms with Crippen molar-refractivity contribution in [2.75, 3.05) is 65.4 Å². The molecule has 7 nitrogen and oxygen atoms in total. The number of methoxy groups -OCH3 is 1. The van der Waals surface area contributed by atoms with E-state index in [1.165, 1.54) is 0 Å². The summed E-state index contributed by atoms with van der Waals surface area (Å²) in [4.78, 5) is 23.4. The first kappa shape index (κ1) is 26.8. The quantitative estimate of drug-likeness (QED) is 0.317. The van der Waals surface area contributed by atoms with Crippen molar-refractivity contribution in [3.8, 4) is 5.75 Å². The number of nitrogens with one attached hydrogen (secondary N) is 1. The van der Waals surface area contributed by atoms with E-state index in [1.807, 2.05) is 30.3 Å². The van der Waals surface area contributed by atoms with Crippen LogP contribution in [0.5, 0.6) is 5.75 Å². The van der Waals surface area contributed by atoms with Gasteiger partial charge in [-0.05, 0) is 43.2 Å². The van der Waals surface area contributed by atoms with Gasteiger partial charge in [-0.1, -0.05) is 24.3 Å². The fourth-order valence-corrected chi connectivity index (χ4v) is 3.88. The third kappa shape index (κ3) is 7.25. The molecule has 1 fully saturated rings. The van der Waals surface area contributed by atoms with E-state index in [1.54, 1.807) is 26.1 Å². The lowest BCUT2D eigenvalue weighted by Gasteiger charge is -2.38. The summed E-state index contributed by atoms with van der Waals surface area (Å²) in [6.07, 6.45) is 0.796. The molecule has 3 rings (SSSR count). The number of para-hydroxylation sites is 2. The molecule has 0 spiro atoms. The average molecular weight is 566 g/mol. The van der Waals surface area contributed by atoms with E-state index < -0.39 is 0 Å². The van der Waals surface area contributed by atoms with Crippen LogP contribution in [0.4, 0.5) is 5.69 Å². The van der Waals surface area contributed by atoms with Crippen LogP contribution in [0.25, 0.3) is 0 Å². The summed E-state index contributed by atoms with van der Waals surface area (Å²) >= 11 is 0. The van der Waals surface area contributed by atoms with Crippen LogP contribution in [-0.2, 0) is 6.42 Å². The molecule has 2 aromatic rings. The summed E-state index contributed by atoms with van der Waals surface area (Å²) in [5.74, 6) is 1.89. The summed E-state index contributed by atoms with van der Waals surface area (Å²) in [5.41, 5.74) is 2.98. The van der Waals surface area contributed by atoms with Gasteiger partial charge in [-0.15, -0.1) is 24.0 Å². The minimum atomic E-state index is 0. The van der Waals surface area contributed by atoms with Gasteiger partial charge < -0.3 is 24.8 Å². The normalized spacial score (nSPS) is 13.9. The first-order chi connectivity index (χ1) is 15.5. The molecule has 0 aliphatic carbocycles. The number of carbonyl (C=O) groups excluding carboxylic acids is 1. The number of carbonyl (C=O) groups is 1. The van der Waals surface area contributed by atoms with Gasteiger partial charge >= 0.3 is 0 Å². The molecule has 1 saturated heterocycles. The molecule has 180 valence electrons. The Morgan fingerprint density at radius 2 is 1.82 bits per heavy atom. The maximum Gasteiger partial charge on any atom is 0.253 e. The zero-order valence-corrected chi connectivity index (χ0v) is 22.4. The highest BCUT2D eigenvalue weighted by atomic mass is 127. The molecule has 0 atom stereocenters. The monoisotopic (exact) mass is 565 g/mol. The molecule has 1 aliphatic rings. The standard InChI is InChI=1S/C25H35N5O2.HI/c1-5-26-25(27-14-13-20-9-8-10-21(19-20)24(31)28(2)3)30-17-15-29(16-18-30)22-11-6-7-12-23(22)32-4;/h6-12,19H,5,13-18H2,1-4H3,(H,26,27);1H. The molecule has 2 aromatic carbocycles. The van der Waals surface area contributed by atoms with Crippen molar-refractivity contribution in [2.24, 2.45) is 4.99 Å². The van der Waals surface area contributed by atoms with Gasteiger partial charge in [0.05, 0.1) is 12.8 Å². The Balaban J connectivity index is 0.00000385. The number of rotatable bonds is 7. The van der Waals surface area contributed by atoms with Gasteiger partial charge in [-0.2, -0.15) is 0 Å². The molecule has 1 aliphatic heterocycles. The van der Waals surface area contributed by atoms with Crippen molar-refractivity contribution in [1.82, 2.24) is 15.1 Å². The maximum absolute atomic E-state index is 12.2. The summed E-state index contributed by atoms with van der Waals surface area (Å²) < 4.78 is 5.53. The van der Waals surface area contributed by atoms with Crippen LogP contribution >= 0.6 is 24.0 Å². The number of nitrogens with zero attached hydrogens (tertiary/aromatic N) is 4. The Morgan fingerprint density at radius 3 is 2.48 bits per heavy atom. The summed E-state index contributed by atoms with van der Waals surface area (Å²) in [7, 11) is 5.27. The molecular formula is C25H36IN5O2. The number of guanidine groups is 1. The molecule has 8 heteroatoms. The Hall–Kier alpha value is -2.49. The second-order valence-corrected chi connectivity index (χ2v) is 8.03. The van der Waals surface area contributed by atoms with E-state index in [-0.39, 0.29) is 29.9 Å². The Kier molecular flexibility index (Phi) is 10.8. The molecule has 0 bridgehead atoms. The number of hydrogen-bond donors (Lipinski definition) is 1. The van der Waals surface area contributed by atoms with Crippen LogP contribution in [0.1, 0.15) is 22.8 Å². The van der Waals surface area contributed by atoms with Crippen LogP contribution in [0, 0.1) is 0 Å². The number of halogens is 1. The molecular weight excluding hydrogens is 529 g/mol. The molecule has 1 N–H and O–H groups in total. The fraction of sp³-hybridized carbons (Fsp3) is 0.440. The van der Waals surface area contributed by atoms with Gasteiger partial charge in [0.15, 0.2) is 5.96 Å². The lowest BCUT2D eigenvalue weighted by atomic mass is 10.1. The molecule has 0 aromatic heterocycles. The van der Waals surface area contributed by atoms with E-state index in [0.29, 0.717) is 6.54 Å². The lowest BCUT2D eigenvalue weighted by Crippen LogP contribution is -2.52. The Morgan fingerprint density at radius 1 is 1.09 bits per heavy atom. The fourth-order valence-electron chi connectivity index (χ4n) is 3.88. The second-order valence-electron chi connectivity index (χ2n) is 8.03. The lowest BCUT2D eigenvalue weighted by molar-refractivity contribution is 0.0827. The number of piperazine rings is 1. The highest BCUT2D eigenvalue weighted by Crippen LogP contribution is 2.28. The van der Waals surface area contributed by atoms with Crippen LogP contribution in [0.2, 0.25) is 0 Å². The maximum atomic E-state index is 12.2. The van der Waals surface area contributed by atoms with Gasteiger partial charge in [-0.25, -0.2) is 0 Å².